The molecule has 0 fully saturated rings. The van der Waals surface area contributed by atoms with E-state index in [2.05, 4.69) is 16.0 Å². The second-order valence-corrected chi connectivity index (χ2v) is 5.64. The number of carbonyl (C=O) groups excluding carboxylic acids is 2. The van der Waals surface area contributed by atoms with E-state index in [1.165, 1.54) is 0 Å². The van der Waals surface area contributed by atoms with Gasteiger partial charge in [-0.1, -0.05) is 30.3 Å². The summed E-state index contributed by atoms with van der Waals surface area (Å²) >= 11 is 0. The lowest BCUT2D eigenvalue weighted by molar-refractivity contribution is -0.122. The summed E-state index contributed by atoms with van der Waals surface area (Å²) in [6.45, 7) is 6.56. The van der Waals surface area contributed by atoms with Gasteiger partial charge in [0.1, 0.15) is 0 Å². The first kappa shape index (κ1) is 16.0. The van der Waals surface area contributed by atoms with Crippen LogP contribution in [0.5, 0.6) is 0 Å². The van der Waals surface area contributed by atoms with Crippen LogP contribution in [0, 0.1) is 0 Å². The molecule has 5 nitrogen and oxygen atoms in total. The monoisotopic (exact) mass is 277 g/mol. The fraction of sp³-hybridized carbons (Fsp3) is 0.467. The van der Waals surface area contributed by atoms with E-state index in [1.807, 2.05) is 51.1 Å². The standard InChI is InChI=1S/C15H23N3O2/c1-15(2,3)18-13(19)9-10-16-14(20)17-11-12-7-5-4-6-8-12/h4-8H,9-11H2,1-3H3,(H,18,19)(H2,16,17,20). The van der Waals surface area contributed by atoms with Gasteiger partial charge in [0.05, 0.1) is 0 Å². The predicted octanol–water partition coefficient (Wildman–Crippen LogP) is 1.79. The normalized spacial score (nSPS) is 10.8. The number of rotatable bonds is 5. The summed E-state index contributed by atoms with van der Waals surface area (Å²) in [4.78, 5) is 23.1. The number of benzene rings is 1. The Balaban J connectivity index is 2.16. The molecule has 0 unspecified atom stereocenters. The third-order valence-electron chi connectivity index (χ3n) is 2.45. The minimum atomic E-state index is -0.266. The minimum Gasteiger partial charge on any atom is -0.351 e. The molecule has 0 bridgehead atoms. The van der Waals surface area contributed by atoms with Crippen molar-refractivity contribution in [3.63, 3.8) is 0 Å². The number of hydrogen-bond donors (Lipinski definition) is 3. The van der Waals surface area contributed by atoms with Crippen LogP contribution in [0.4, 0.5) is 4.79 Å². The maximum atomic E-state index is 11.5. The Bertz CT molecular complexity index is 438. The highest BCUT2D eigenvalue weighted by molar-refractivity contribution is 5.78. The average molecular weight is 277 g/mol. The number of urea groups is 1. The van der Waals surface area contributed by atoms with E-state index in [9.17, 15) is 9.59 Å². The van der Waals surface area contributed by atoms with Gasteiger partial charge in [-0.3, -0.25) is 4.79 Å². The maximum Gasteiger partial charge on any atom is 0.315 e. The molecule has 1 rings (SSSR count). The van der Waals surface area contributed by atoms with Crippen LogP contribution in [-0.2, 0) is 11.3 Å². The Kier molecular flexibility index (Phi) is 6.03. The van der Waals surface area contributed by atoms with Gasteiger partial charge in [-0.05, 0) is 26.3 Å². The molecule has 1 aromatic carbocycles. The molecule has 0 aromatic heterocycles. The van der Waals surface area contributed by atoms with Crippen molar-refractivity contribution in [2.75, 3.05) is 6.54 Å². The number of carbonyl (C=O) groups is 2. The van der Waals surface area contributed by atoms with Crippen molar-refractivity contribution in [2.45, 2.75) is 39.3 Å². The SMILES string of the molecule is CC(C)(C)NC(=O)CCNC(=O)NCc1ccccc1. The Morgan fingerprint density at radius 3 is 2.30 bits per heavy atom. The fourth-order valence-electron chi connectivity index (χ4n) is 1.61. The lowest BCUT2D eigenvalue weighted by Crippen LogP contribution is -2.43. The molecule has 110 valence electrons. The van der Waals surface area contributed by atoms with Crippen LogP contribution in [0.2, 0.25) is 0 Å². The van der Waals surface area contributed by atoms with Crippen molar-refractivity contribution in [3.05, 3.63) is 35.9 Å². The van der Waals surface area contributed by atoms with Crippen LogP contribution in [0.25, 0.3) is 0 Å². The molecule has 5 heteroatoms. The third-order valence-corrected chi connectivity index (χ3v) is 2.45. The molecule has 0 atom stereocenters. The highest BCUT2D eigenvalue weighted by Gasteiger charge is 2.13. The van der Waals surface area contributed by atoms with E-state index in [4.69, 9.17) is 0 Å². The summed E-state index contributed by atoms with van der Waals surface area (Å²) in [5, 5.41) is 8.24. The number of amides is 3. The van der Waals surface area contributed by atoms with E-state index in [0.717, 1.165) is 5.56 Å². The van der Waals surface area contributed by atoms with Gasteiger partial charge in [0.25, 0.3) is 0 Å². The molecule has 3 amide bonds. The molecular weight excluding hydrogens is 254 g/mol. The van der Waals surface area contributed by atoms with E-state index in [-0.39, 0.29) is 23.9 Å². The second kappa shape index (κ2) is 7.53. The summed E-state index contributed by atoms with van der Waals surface area (Å²) < 4.78 is 0. The number of nitrogens with one attached hydrogen (secondary N) is 3. The van der Waals surface area contributed by atoms with Gasteiger partial charge >= 0.3 is 6.03 Å². The molecule has 0 spiro atoms. The van der Waals surface area contributed by atoms with Gasteiger partial charge in [-0.2, -0.15) is 0 Å². The van der Waals surface area contributed by atoms with Crippen LogP contribution in [0.1, 0.15) is 32.8 Å². The quantitative estimate of drug-likeness (QED) is 0.768. The molecule has 20 heavy (non-hydrogen) atoms. The summed E-state index contributed by atoms with van der Waals surface area (Å²) in [5.41, 5.74) is 0.792. The van der Waals surface area contributed by atoms with Crippen LogP contribution in [-0.4, -0.2) is 24.0 Å². The number of hydrogen-bond acceptors (Lipinski definition) is 2. The Hall–Kier alpha value is -2.04. The van der Waals surface area contributed by atoms with Crippen molar-refractivity contribution in [1.29, 1.82) is 0 Å². The van der Waals surface area contributed by atoms with E-state index in [1.54, 1.807) is 0 Å². The maximum absolute atomic E-state index is 11.5. The molecule has 3 N–H and O–H groups in total. The minimum absolute atomic E-state index is 0.0686. The summed E-state index contributed by atoms with van der Waals surface area (Å²) in [6, 6.07) is 9.39. The highest BCUT2D eigenvalue weighted by atomic mass is 16.2. The van der Waals surface area contributed by atoms with Crippen molar-refractivity contribution in [3.8, 4) is 0 Å². The topological polar surface area (TPSA) is 70.2 Å². The van der Waals surface area contributed by atoms with E-state index >= 15 is 0 Å². The lowest BCUT2D eigenvalue weighted by atomic mass is 10.1. The molecule has 0 aliphatic rings. The van der Waals surface area contributed by atoms with Gasteiger partial charge in [0.2, 0.25) is 5.91 Å². The van der Waals surface area contributed by atoms with Gasteiger partial charge in [-0.15, -0.1) is 0 Å². The Labute approximate surface area is 120 Å². The fourth-order valence-corrected chi connectivity index (χ4v) is 1.61. The largest absolute Gasteiger partial charge is 0.351 e. The van der Waals surface area contributed by atoms with Gasteiger partial charge in [0, 0.05) is 25.0 Å². The molecule has 0 aliphatic heterocycles. The Morgan fingerprint density at radius 2 is 1.70 bits per heavy atom. The van der Waals surface area contributed by atoms with Gasteiger partial charge in [0.15, 0.2) is 0 Å². The van der Waals surface area contributed by atoms with Crippen LogP contribution in [0.3, 0.4) is 0 Å². The van der Waals surface area contributed by atoms with E-state index in [0.29, 0.717) is 13.1 Å². The Morgan fingerprint density at radius 1 is 1.05 bits per heavy atom. The molecule has 0 aliphatic carbocycles. The summed E-state index contributed by atoms with van der Waals surface area (Å²) in [7, 11) is 0. The summed E-state index contributed by atoms with van der Waals surface area (Å²) in [5.74, 6) is -0.0686. The molecule has 0 radical (unpaired) electrons. The van der Waals surface area contributed by atoms with E-state index < -0.39 is 0 Å². The zero-order chi connectivity index (χ0) is 15.0. The van der Waals surface area contributed by atoms with Crippen LogP contribution < -0.4 is 16.0 Å². The third kappa shape index (κ3) is 7.41. The first-order chi connectivity index (χ1) is 9.37. The molecule has 0 heterocycles. The molecule has 0 saturated carbocycles. The second-order valence-electron chi connectivity index (χ2n) is 5.64. The summed E-state index contributed by atoms with van der Waals surface area (Å²) in [6.07, 6.45) is 0.274. The molecular formula is C15H23N3O2. The van der Waals surface area contributed by atoms with Crippen molar-refractivity contribution < 1.29 is 9.59 Å². The first-order valence-electron chi connectivity index (χ1n) is 6.73. The average Bonchev–Trinajstić information content (AvgIpc) is 2.35. The predicted molar refractivity (Wildman–Crippen MR) is 79.2 cm³/mol. The van der Waals surface area contributed by atoms with Gasteiger partial charge in [-0.25, -0.2) is 4.79 Å². The van der Waals surface area contributed by atoms with Crippen molar-refractivity contribution >= 4 is 11.9 Å². The first-order valence-corrected chi connectivity index (χ1v) is 6.73. The van der Waals surface area contributed by atoms with Crippen LogP contribution in [0.15, 0.2) is 30.3 Å². The van der Waals surface area contributed by atoms with Gasteiger partial charge < -0.3 is 16.0 Å². The molecule has 1 aromatic rings. The smallest absolute Gasteiger partial charge is 0.315 e. The highest BCUT2D eigenvalue weighted by Crippen LogP contribution is 1.99. The molecule has 0 saturated heterocycles. The van der Waals surface area contributed by atoms with Crippen molar-refractivity contribution in [2.24, 2.45) is 0 Å². The zero-order valence-corrected chi connectivity index (χ0v) is 12.3. The van der Waals surface area contributed by atoms with Crippen molar-refractivity contribution in [1.82, 2.24) is 16.0 Å². The zero-order valence-electron chi connectivity index (χ0n) is 12.3. The lowest BCUT2D eigenvalue weighted by Gasteiger charge is -2.20. The van der Waals surface area contributed by atoms with Crippen LogP contribution >= 0.6 is 0 Å².